The molecular weight excluding hydrogens is 276 g/mol. The van der Waals surface area contributed by atoms with Crippen LogP contribution >= 0.6 is 12.4 Å². The number of hydrogen-bond acceptors (Lipinski definition) is 3. The molecule has 3 N–H and O–H groups in total. The highest BCUT2D eigenvalue weighted by Crippen LogP contribution is 2.09. The molecule has 0 radical (unpaired) electrons. The van der Waals surface area contributed by atoms with Gasteiger partial charge in [0.05, 0.1) is 12.1 Å². The number of carbonyl (C=O) groups excluding carboxylic acids is 1. The molecule has 0 aliphatic heterocycles. The number of halogens is 1. The van der Waals surface area contributed by atoms with Crippen LogP contribution in [-0.2, 0) is 6.54 Å². The molecule has 0 spiro atoms. The second-order valence-corrected chi connectivity index (χ2v) is 5.36. The van der Waals surface area contributed by atoms with Crippen molar-refractivity contribution in [2.24, 2.45) is 11.7 Å². The van der Waals surface area contributed by atoms with Crippen molar-refractivity contribution in [3.8, 4) is 0 Å². The summed E-state index contributed by atoms with van der Waals surface area (Å²) in [6, 6.07) is 1.69. The summed E-state index contributed by atoms with van der Waals surface area (Å²) in [5.41, 5.74) is 5.98. The summed E-state index contributed by atoms with van der Waals surface area (Å²) in [6.07, 6.45) is 7.49. The Morgan fingerprint density at radius 1 is 1.30 bits per heavy atom. The van der Waals surface area contributed by atoms with E-state index in [4.69, 9.17) is 10.2 Å². The average Bonchev–Trinajstić information content (AvgIpc) is 2.85. The van der Waals surface area contributed by atoms with Gasteiger partial charge in [0.15, 0.2) is 0 Å². The zero-order valence-corrected chi connectivity index (χ0v) is 13.3. The molecule has 1 amide bonds. The third-order valence-corrected chi connectivity index (χ3v) is 3.11. The minimum absolute atomic E-state index is 0. The number of nitrogens with one attached hydrogen (secondary N) is 1. The molecule has 0 fully saturated rings. The van der Waals surface area contributed by atoms with Gasteiger partial charge in [0.1, 0.15) is 12.0 Å². The molecule has 0 aliphatic carbocycles. The van der Waals surface area contributed by atoms with Gasteiger partial charge in [0.2, 0.25) is 0 Å². The van der Waals surface area contributed by atoms with E-state index in [0.717, 1.165) is 18.9 Å². The minimum atomic E-state index is -0.0781. The van der Waals surface area contributed by atoms with Crippen LogP contribution in [0, 0.1) is 5.92 Å². The Kier molecular flexibility index (Phi) is 10.2. The van der Waals surface area contributed by atoms with E-state index < -0.39 is 0 Å². The van der Waals surface area contributed by atoms with Gasteiger partial charge in [0.25, 0.3) is 5.91 Å². The van der Waals surface area contributed by atoms with Crippen LogP contribution in [0.15, 0.2) is 16.7 Å². The number of rotatable bonds is 9. The minimum Gasteiger partial charge on any atom is -0.467 e. The van der Waals surface area contributed by atoms with Crippen molar-refractivity contribution in [1.82, 2.24) is 5.32 Å². The highest BCUT2D eigenvalue weighted by atomic mass is 35.5. The quantitative estimate of drug-likeness (QED) is 0.686. The van der Waals surface area contributed by atoms with Gasteiger partial charge in [0, 0.05) is 6.54 Å². The molecule has 0 saturated carbocycles. The fraction of sp³-hybridized carbons (Fsp3) is 0.667. The zero-order valence-electron chi connectivity index (χ0n) is 12.5. The summed E-state index contributed by atoms with van der Waals surface area (Å²) in [4.78, 5) is 11.7. The topological polar surface area (TPSA) is 68.3 Å². The van der Waals surface area contributed by atoms with E-state index in [9.17, 15) is 4.79 Å². The molecule has 20 heavy (non-hydrogen) atoms. The van der Waals surface area contributed by atoms with Crippen molar-refractivity contribution >= 4 is 18.3 Å². The molecule has 1 aromatic heterocycles. The van der Waals surface area contributed by atoms with E-state index in [-0.39, 0.29) is 18.3 Å². The van der Waals surface area contributed by atoms with Gasteiger partial charge >= 0.3 is 0 Å². The number of carbonyl (C=O) groups is 1. The van der Waals surface area contributed by atoms with Crippen molar-refractivity contribution in [2.75, 3.05) is 6.54 Å². The lowest BCUT2D eigenvalue weighted by molar-refractivity contribution is 0.0952. The zero-order chi connectivity index (χ0) is 14.1. The molecule has 0 atom stereocenters. The molecule has 1 rings (SSSR count). The Labute approximate surface area is 127 Å². The molecule has 4 nitrogen and oxygen atoms in total. The standard InChI is InChI=1S/C15H26N2O2.ClH/c1-12(2)7-5-3-4-6-8-17-15(18)13-9-14(10-16)19-11-13;/h9,11-12H,3-8,10,16H2,1-2H3,(H,17,18);1H. The fourth-order valence-corrected chi connectivity index (χ4v) is 1.94. The van der Waals surface area contributed by atoms with Crippen molar-refractivity contribution in [3.63, 3.8) is 0 Å². The largest absolute Gasteiger partial charge is 0.467 e. The SMILES string of the molecule is CC(C)CCCCCCNC(=O)c1coc(CN)c1.Cl. The summed E-state index contributed by atoms with van der Waals surface area (Å²) in [5.74, 6) is 1.35. The number of hydrogen-bond donors (Lipinski definition) is 2. The van der Waals surface area contributed by atoms with Gasteiger partial charge in [-0.25, -0.2) is 0 Å². The first-order valence-electron chi connectivity index (χ1n) is 7.19. The van der Waals surface area contributed by atoms with E-state index in [2.05, 4.69) is 19.2 Å². The summed E-state index contributed by atoms with van der Waals surface area (Å²) < 4.78 is 5.13. The predicted octanol–water partition coefficient (Wildman–Crippen LogP) is 3.50. The summed E-state index contributed by atoms with van der Waals surface area (Å²) in [5, 5.41) is 2.90. The molecule has 0 aromatic carbocycles. The highest BCUT2D eigenvalue weighted by molar-refractivity contribution is 5.93. The van der Waals surface area contributed by atoms with Crippen LogP contribution in [-0.4, -0.2) is 12.5 Å². The highest BCUT2D eigenvalue weighted by Gasteiger charge is 2.08. The Morgan fingerprint density at radius 3 is 2.60 bits per heavy atom. The van der Waals surface area contributed by atoms with E-state index in [1.807, 2.05) is 0 Å². The predicted molar refractivity (Wildman–Crippen MR) is 84.1 cm³/mol. The molecule has 0 bridgehead atoms. The Hall–Kier alpha value is -1.00. The van der Waals surface area contributed by atoms with Crippen LogP contribution in [0.4, 0.5) is 0 Å². The maximum absolute atomic E-state index is 11.7. The first-order chi connectivity index (χ1) is 9.13. The van der Waals surface area contributed by atoms with E-state index in [1.165, 1.54) is 31.9 Å². The summed E-state index contributed by atoms with van der Waals surface area (Å²) in [7, 11) is 0. The van der Waals surface area contributed by atoms with Crippen LogP contribution in [0.1, 0.15) is 62.1 Å². The van der Waals surface area contributed by atoms with Crippen LogP contribution in [0.3, 0.4) is 0 Å². The van der Waals surface area contributed by atoms with E-state index in [0.29, 0.717) is 17.9 Å². The molecule has 1 aromatic rings. The van der Waals surface area contributed by atoms with Crippen LogP contribution < -0.4 is 11.1 Å². The van der Waals surface area contributed by atoms with Gasteiger partial charge < -0.3 is 15.5 Å². The van der Waals surface area contributed by atoms with Crippen molar-refractivity contribution in [2.45, 2.75) is 52.5 Å². The van der Waals surface area contributed by atoms with Gasteiger partial charge in [-0.1, -0.05) is 39.5 Å². The average molecular weight is 303 g/mol. The molecule has 0 saturated heterocycles. The Morgan fingerprint density at radius 2 is 2.00 bits per heavy atom. The lowest BCUT2D eigenvalue weighted by Gasteiger charge is -2.05. The van der Waals surface area contributed by atoms with Crippen molar-refractivity contribution in [1.29, 1.82) is 0 Å². The monoisotopic (exact) mass is 302 g/mol. The van der Waals surface area contributed by atoms with E-state index in [1.54, 1.807) is 6.07 Å². The van der Waals surface area contributed by atoms with Crippen molar-refractivity contribution in [3.05, 3.63) is 23.7 Å². The molecule has 0 unspecified atom stereocenters. The molecule has 5 heteroatoms. The smallest absolute Gasteiger partial charge is 0.254 e. The fourth-order valence-electron chi connectivity index (χ4n) is 1.94. The van der Waals surface area contributed by atoms with Crippen LogP contribution in [0.2, 0.25) is 0 Å². The second-order valence-electron chi connectivity index (χ2n) is 5.36. The van der Waals surface area contributed by atoms with Gasteiger partial charge in [-0.3, -0.25) is 4.79 Å². The van der Waals surface area contributed by atoms with Gasteiger partial charge in [-0.15, -0.1) is 12.4 Å². The van der Waals surface area contributed by atoms with E-state index >= 15 is 0 Å². The third-order valence-electron chi connectivity index (χ3n) is 3.11. The van der Waals surface area contributed by atoms with Crippen molar-refractivity contribution < 1.29 is 9.21 Å². The van der Waals surface area contributed by atoms with Gasteiger partial charge in [-0.2, -0.15) is 0 Å². The first-order valence-corrected chi connectivity index (χ1v) is 7.19. The number of nitrogens with two attached hydrogens (primary N) is 1. The molecule has 1 heterocycles. The molecule has 116 valence electrons. The number of unbranched alkanes of at least 4 members (excludes halogenated alkanes) is 3. The Balaban J connectivity index is 0.00000361. The normalized spacial score (nSPS) is 10.4. The number of amides is 1. The lowest BCUT2D eigenvalue weighted by Crippen LogP contribution is -2.23. The summed E-state index contributed by atoms with van der Waals surface area (Å²) in [6.45, 7) is 5.55. The first kappa shape index (κ1) is 19.0. The summed E-state index contributed by atoms with van der Waals surface area (Å²) >= 11 is 0. The van der Waals surface area contributed by atoms with Crippen LogP contribution in [0.25, 0.3) is 0 Å². The van der Waals surface area contributed by atoms with Crippen LogP contribution in [0.5, 0.6) is 0 Å². The molecule has 0 aliphatic rings. The Bertz CT molecular complexity index is 378. The molecular formula is C15H27ClN2O2. The number of furan rings is 1. The maximum Gasteiger partial charge on any atom is 0.254 e. The third kappa shape index (κ3) is 7.56. The lowest BCUT2D eigenvalue weighted by atomic mass is 10.0. The van der Waals surface area contributed by atoms with Gasteiger partial charge in [-0.05, 0) is 18.4 Å². The second kappa shape index (κ2) is 10.7. The maximum atomic E-state index is 11.7.